The molecule has 3 N–H and O–H groups in total. The molecule has 9 heteroatoms. The Kier molecular flexibility index (Phi) is 7.33. The molecule has 0 bridgehead atoms. The predicted octanol–water partition coefficient (Wildman–Crippen LogP) is 2.61. The van der Waals surface area contributed by atoms with E-state index in [1.165, 1.54) is 6.20 Å². The summed E-state index contributed by atoms with van der Waals surface area (Å²) in [6.45, 7) is 4.63. The number of nitrogen functional groups attached to an aromatic ring is 1. The fourth-order valence-electron chi connectivity index (χ4n) is 2.77. The molecular weight excluding hydrogens is 403 g/mol. The molecule has 3 rings (SSSR count). The lowest BCUT2D eigenvalue weighted by Crippen LogP contribution is -2.41. The van der Waals surface area contributed by atoms with E-state index in [0.29, 0.717) is 33.5 Å². The summed E-state index contributed by atoms with van der Waals surface area (Å²) in [6, 6.07) is 6.78. The lowest BCUT2D eigenvalue weighted by atomic mass is 10.2. The molecule has 1 amide bonds. The second-order valence-corrected chi connectivity index (χ2v) is 7.12. The Balaban J connectivity index is 1.58. The van der Waals surface area contributed by atoms with Crippen molar-refractivity contribution in [1.82, 2.24) is 15.2 Å². The fraction of sp³-hybridized carbons (Fsp3) is 0.368. The van der Waals surface area contributed by atoms with Crippen LogP contribution in [0.25, 0.3) is 0 Å². The number of amides is 1. The molecule has 28 heavy (non-hydrogen) atoms. The number of carbonyl (C=O) groups is 1. The van der Waals surface area contributed by atoms with Gasteiger partial charge in [-0.15, -0.1) is 0 Å². The number of nitrogens with one attached hydrogen (secondary N) is 1. The number of halogens is 2. The Labute approximate surface area is 173 Å². The van der Waals surface area contributed by atoms with Crippen molar-refractivity contribution in [2.45, 2.75) is 6.61 Å². The maximum atomic E-state index is 12.4. The minimum Gasteiger partial charge on any atom is -0.485 e. The lowest BCUT2D eigenvalue weighted by Gasteiger charge is -2.26. The summed E-state index contributed by atoms with van der Waals surface area (Å²) < 4.78 is 11.0. The highest BCUT2D eigenvalue weighted by atomic mass is 35.5. The maximum absolute atomic E-state index is 12.4. The van der Waals surface area contributed by atoms with Gasteiger partial charge in [0.2, 0.25) is 0 Å². The van der Waals surface area contributed by atoms with E-state index in [0.717, 1.165) is 32.8 Å². The van der Waals surface area contributed by atoms with Crippen LogP contribution in [0.1, 0.15) is 15.9 Å². The highest BCUT2D eigenvalue weighted by Gasteiger charge is 2.14. The van der Waals surface area contributed by atoms with Gasteiger partial charge in [-0.25, -0.2) is 4.98 Å². The average molecular weight is 425 g/mol. The van der Waals surface area contributed by atoms with Crippen molar-refractivity contribution < 1.29 is 14.3 Å². The zero-order chi connectivity index (χ0) is 19.9. The van der Waals surface area contributed by atoms with Crippen molar-refractivity contribution >= 4 is 34.9 Å². The van der Waals surface area contributed by atoms with Crippen LogP contribution in [0.2, 0.25) is 10.0 Å². The molecule has 0 aliphatic carbocycles. The van der Waals surface area contributed by atoms with E-state index in [-0.39, 0.29) is 18.3 Å². The van der Waals surface area contributed by atoms with Crippen LogP contribution in [0.5, 0.6) is 5.75 Å². The summed E-state index contributed by atoms with van der Waals surface area (Å²) in [5.74, 6) is 0.256. The first-order valence-electron chi connectivity index (χ1n) is 8.94. The first kappa shape index (κ1) is 20.7. The van der Waals surface area contributed by atoms with Gasteiger partial charge in [0.25, 0.3) is 5.91 Å². The quantitative estimate of drug-likeness (QED) is 0.709. The van der Waals surface area contributed by atoms with Crippen LogP contribution in [-0.2, 0) is 11.3 Å². The van der Waals surface area contributed by atoms with E-state index >= 15 is 0 Å². The Morgan fingerprint density at radius 3 is 2.71 bits per heavy atom. The highest BCUT2D eigenvalue weighted by Crippen LogP contribution is 2.27. The number of rotatable bonds is 7. The molecule has 1 saturated heterocycles. The first-order valence-corrected chi connectivity index (χ1v) is 9.69. The van der Waals surface area contributed by atoms with Gasteiger partial charge in [-0.05, 0) is 18.2 Å². The summed E-state index contributed by atoms with van der Waals surface area (Å²) >= 11 is 12.3. The molecule has 2 heterocycles. The smallest absolute Gasteiger partial charge is 0.253 e. The average Bonchev–Trinajstić information content (AvgIpc) is 2.69. The van der Waals surface area contributed by atoms with Gasteiger partial charge in [-0.3, -0.25) is 9.69 Å². The lowest BCUT2D eigenvalue weighted by molar-refractivity contribution is 0.0383. The van der Waals surface area contributed by atoms with E-state index in [1.807, 2.05) is 0 Å². The molecule has 2 aromatic rings. The van der Waals surface area contributed by atoms with Crippen LogP contribution in [0.4, 0.5) is 5.82 Å². The number of hydrogen-bond acceptors (Lipinski definition) is 6. The standard InChI is InChI=1S/C19H22Cl2N4O3/c20-15-2-1-3-16(21)14(15)12-28-17-10-13(11-24-18(17)22)19(26)23-4-5-25-6-8-27-9-7-25/h1-3,10-11H,4-9,12H2,(H2,22,24)(H,23,26). The monoisotopic (exact) mass is 424 g/mol. The molecule has 1 aromatic carbocycles. The Hall–Kier alpha value is -2.06. The first-order chi connectivity index (χ1) is 13.5. The van der Waals surface area contributed by atoms with Gasteiger partial charge >= 0.3 is 0 Å². The minimum atomic E-state index is -0.235. The third-order valence-electron chi connectivity index (χ3n) is 4.39. The van der Waals surface area contributed by atoms with Crippen molar-refractivity contribution in [3.63, 3.8) is 0 Å². The number of morpholine rings is 1. The minimum absolute atomic E-state index is 0.118. The summed E-state index contributed by atoms with van der Waals surface area (Å²) in [5, 5.41) is 3.88. The molecule has 1 aliphatic rings. The van der Waals surface area contributed by atoms with Crippen LogP contribution in [0.15, 0.2) is 30.5 Å². The molecule has 150 valence electrons. The van der Waals surface area contributed by atoms with Crippen molar-refractivity contribution in [1.29, 1.82) is 0 Å². The van der Waals surface area contributed by atoms with Gasteiger partial charge in [0.15, 0.2) is 11.6 Å². The van der Waals surface area contributed by atoms with Crippen LogP contribution in [0, 0.1) is 0 Å². The zero-order valence-electron chi connectivity index (χ0n) is 15.3. The van der Waals surface area contributed by atoms with Gasteiger partial charge in [-0.2, -0.15) is 0 Å². The number of nitrogens with two attached hydrogens (primary N) is 1. The Morgan fingerprint density at radius 2 is 2.00 bits per heavy atom. The molecule has 1 fully saturated rings. The normalized spacial score (nSPS) is 14.6. The molecule has 1 aromatic heterocycles. The summed E-state index contributed by atoms with van der Waals surface area (Å²) in [5.41, 5.74) is 6.89. The van der Waals surface area contributed by atoms with Crippen molar-refractivity contribution in [2.75, 3.05) is 45.1 Å². The van der Waals surface area contributed by atoms with E-state index in [9.17, 15) is 4.79 Å². The van der Waals surface area contributed by atoms with Crippen LogP contribution in [0.3, 0.4) is 0 Å². The number of hydrogen-bond donors (Lipinski definition) is 2. The van der Waals surface area contributed by atoms with Crippen molar-refractivity contribution in [3.8, 4) is 5.75 Å². The molecule has 7 nitrogen and oxygen atoms in total. The van der Waals surface area contributed by atoms with E-state index in [1.54, 1.807) is 24.3 Å². The highest BCUT2D eigenvalue weighted by molar-refractivity contribution is 6.35. The molecule has 1 aliphatic heterocycles. The van der Waals surface area contributed by atoms with Crippen LogP contribution in [-0.4, -0.2) is 55.2 Å². The summed E-state index contributed by atoms with van der Waals surface area (Å²) in [4.78, 5) is 18.7. The molecule has 0 atom stereocenters. The van der Waals surface area contributed by atoms with Crippen molar-refractivity contribution in [2.24, 2.45) is 0 Å². The molecular formula is C19H22Cl2N4O3. The van der Waals surface area contributed by atoms with Crippen molar-refractivity contribution in [3.05, 3.63) is 51.6 Å². The Morgan fingerprint density at radius 1 is 1.29 bits per heavy atom. The van der Waals surface area contributed by atoms with Gasteiger partial charge in [-0.1, -0.05) is 29.3 Å². The molecule has 0 saturated carbocycles. The third kappa shape index (κ3) is 5.48. The Bertz CT molecular complexity index is 809. The number of benzene rings is 1. The SMILES string of the molecule is Nc1ncc(C(=O)NCCN2CCOCC2)cc1OCc1c(Cl)cccc1Cl. The van der Waals surface area contributed by atoms with E-state index in [4.69, 9.17) is 38.4 Å². The number of aromatic nitrogens is 1. The molecule has 0 unspecified atom stereocenters. The zero-order valence-corrected chi connectivity index (χ0v) is 16.8. The molecule has 0 radical (unpaired) electrons. The number of carbonyl (C=O) groups excluding carboxylic acids is 1. The van der Waals surface area contributed by atoms with E-state index in [2.05, 4.69) is 15.2 Å². The number of anilines is 1. The van der Waals surface area contributed by atoms with Crippen LogP contribution >= 0.6 is 23.2 Å². The largest absolute Gasteiger partial charge is 0.485 e. The predicted molar refractivity (Wildman–Crippen MR) is 109 cm³/mol. The maximum Gasteiger partial charge on any atom is 0.253 e. The van der Waals surface area contributed by atoms with Gasteiger partial charge in [0.05, 0.1) is 18.8 Å². The topological polar surface area (TPSA) is 89.7 Å². The second kappa shape index (κ2) is 9.93. The second-order valence-electron chi connectivity index (χ2n) is 6.31. The van der Waals surface area contributed by atoms with E-state index < -0.39 is 0 Å². The van der Waals surface area contributed by atoms with Gasteiger partial charge in [0.1, 0.15) is 6.61 Å². The summed E-state index contributed by atoms with van der Waals surface area (Å²) in [6.07, 6.45) is 1.43. The van der Waals surface area contributed by atoms with Gasteiger partial charge in [0, 0.05) is 48.0 Å². The number of pyridine rings is 1. The number of ether oxygens (including phenoxy) is 2. The molecule has 0 spiro atoms. The third-order valence-corrected chi connectivity index (χ3v) is 5.10. The van der Waals surface area contributed by atoms with Gasteiger partial charge < -0.3 is 20.5 Å². The fourth-order valence-corrected chi connectivity index (χ4v) is 3.28. The van der Waals surface area contributed by atoms with Crippen LogP contribution < -0.4 is 15.8 Å². The number of nitrogens with zero attached hydrogens (tertiary/aromatic N) is 2. The summed E-state index contributed by atoms with van der Waals surface area (Å²) in [7, 11) is 0.